The summed E-state index contributed by atoms with van der Waals surface area (Å²) in [6.07, 6.45) is 4.65. The second kappa shape index (κ2) is 7.92. The molecule has 4 nitrogen and oxygen atoms in total. The number of nitrogens with one attached hydrogen (secondary N) is 2. The van der Waals surface area contributed by atoms with Crippen molar-refractivity contribution in [3.8, 4) is 0 Å². The molecule has 3 rings (SSSR count). The molecule has 2 amide bonds. The molecule has 0 saturated heterocycles. The number of hydrogen-bond acceptors (Lipinski definition) is 2. The highest BCUT2D eigenvalue weighted by Crippen LogP contribution is 2.25. The van der Waals surface area contributed by atoms with Crippen LogP contribution in [-0.2, 0) is 22.4 Å². The fourth-order valence-electron chi connectivity index (χ4n) is 3.23. The van der Waals surface area contributed by atoms with Crippen LogP contribution in [0.1, 0.15) is 48.1 Å². The second-order valence-electron chi connectivity index (χ2n) is 6.85. The van der Waals surface area contributed by atoms with Crippen LogP contribution in [0.4, 0.5) is 5.69 Å². The number of carbonyl (C=O) groups excluding carboxylic acids is 2. The lowest BCUT2D eigenvalue weighted by Gasteiger charge is -2.20. The summed E-state index contributed by atoms with van der Waals surface area (Å²) in [4.78, 5) is 24.4. The van der Waals surface area contributed by atoms with Gasteiger partial charge in [-0.2, -0.15) is 0 Å². The largest absolute Gasteiger partial charge is 0.341 e. The van der Waals surface area contributed by atoms with Gasteiger partial charge in [-0.1, -0.05) is 35.9 Å². The minimum absolute atomic E-state index is 0.234. The summed E-state index contributed by atoms with van der Waals surface area (Å²) in [6.45, 7) is 3.76. The predicted octanol–water partition coefficient (Wildman–Crippen LogP) is 4.34. The van der Waals surface area contributed by atoms with E-state index in [0.717, 1.165) is 24.0 Å². The first-order valence-electron chi connectivity index (χ1n) is 8.94. The number of benzene rings is 2. The molecule has 136 valence electrons. The van der Waals surface area contributed by atoms with Crippen molar-refractivity contribution >= 4 is 29.1 Å². The molecule has 1 atom stereocenters. The van der Waals surface area contributed by atoms with Crippen molar-refractivity contribution in [3.05, 3.63) is 63.7 Å². The third kappa shape index (κ3) is 4.25. The quantitative estimate of drug-likeness (QED) is 0.789. The van der Waals surface area contributed by atoms with E-state index in [1.807, 2.05) is 19.9 Å². The van der Waals surface area contributed by atoms with Gasteiger partial charge >= 0.3 is 11.8 Å². The molecular formula is C21H23ClN2O2. The van der Waals surface area contributed by atoms with Crippen LogP contribution in [-0.4, -0.2) is 11.8 Å². The zero-order chi connectivity index (χ0) is 18.7. The average Bonchev–Trinajstić information content (AvgIpc) is 2.64. The van der Waals surface area contributed by atoms with E-state index in [-0.39, 0.29) is 6.04 Å². The minimum Gasteiger partial charge on any atom is -0.341 e. The van der Waals surface area contributed by atoms with Gasteiger partial charge in [-0.05, 0) is 73.9 Å². The maximum absolute atomic E-state index is 12.2. The normalized spacial score (nSPS) is 14.3. The Bertz CT molecular complexity index is 848. The van der Waals surface area contributed by atoms with Crippen molar-refractivity contribution < 1.29 is 9.59 Å². The Labute approximate surface area is 158 Å². The lowest BCUT2D eigenvalue weighted by Crippen LogP contribution is -2.37. The fourth-order valence-corrected chi connectivity index (χ4v) is 3.41. The third-order valence-electron chi connectivity index (χ3n) is 4.86. The number of rotatable bonds is 3. The first-order chi connectivity index (χ1) is 12.4. The zero-order valence-electron chi connectivity index (χ0n) is 15.1. The highest BCUT2D eigenvalue weighted by molar-refractivity contribution is 6.40. The van der Waals surface area contributed by atoms with Gasteiger partial charge in [0, 0.05) is 10.7 Å². The van der Waals surface area contributed by atoms with E-state index < -0.39 is 11.8 Å². The first-order valence-corrected chi connectivity index (χ1v) is 9.31. The lowest BCUT2D eigenvalue weighted by atomic mass is 9.89. The van der Waals surface area contributed by atoms with Gasteiger partial charge in [-0.15, -0.1) is 0 Å². The smallest absolute Gasteiger partial charge is 0.313 e. The molecule has 0 heterocycles. The summed E-state index contributed by atoms with van der Waals surface area (Å²) in [6, 6.07) is 11.2. The molecule has 0 aliphatic heterocycles. The summed E-state index contributed by atoms with van der Waals surface area (Å²) in [7, 11) is 0. The van der Waals surface area contributed by atoms with Crippen molar-refractivity contribution in [2.24, 2.45) is 0 Å². The van der Waals surface area contributed by atoms with E-state index in [1.165, 1.54) is 24.0 Å². The third-order valence-corrected chi connectivity index (χ3v) is 5.26. The van der Waals surface area contributed by atoms with E-state index in [4.69, 9.17) is 11.6 Å². The molecule has 0 bridgehead atoms. The molecule has 0 aromatic heterocycles. The van der Waals surface area contributed by atoms with Gasteiger partial charge in [0.1, 0.15) is 0 Å². The van der Waals surface area contributed by atoms with Gasteiger partial charge in [0.05, 0.1) is 6.04 Å². The molecule has 26 heavy (non-hydrogen) atoms. The van der Waals surface area contributed by atoms with Crippen molar-refractivity contribution in [2.45, 2.75) is 45.6 Å². The molecule has 0 spiro atoms. The molecule has 2 aromatic carbocycles. The summed E-state index contributed by atoms with van der Waals surface area (Å²) in [5.41, 5.74) is 5.18. The molecular weight excluding hydrogens is 348 g/mol. The van der Waals surface area contributed by atoms with Gasteiger partial charge in [-0.3, -0.25) is 9.59 Å². The van der Waals surface area contributed by atoms with Crippen LogP contribution in [0.15, 0.2) is 36.4 Å². The first kappa shape index (κ1) is 18.5. The monoisotopic (exact) mass is 370 g/mol. The number of hydrogen-bond donors (Lipinski definition) is 2. The van der Waals surface area contributed by atoms with Crippen molar-refractivity contribution in [2.75, 3.05) is 5.32 Å². The van der Waals surface area contributed by atoms with Crippen LogP contribution in [0, 0.1) is 6.92 Å². The van der Waals surface area contributed by atoms with Gasteiger partial charge < -0.3 is 10.6 Å². The van der Waals surface area contributed by atoms with Gasteiger partial charge in [0.15, 0.2) is 0 Å². The highest BCUT2D eigenvalue weighted by atomic mass is 35.5. The SMILES string of the molecule is Cc1ccc(NC(=O)C(=O)NC(C)c2ccc3c(c2)CCCC3)cc1Cl. The van der Waals surface area contributed by atoms with Crippen molar-refractivity contribution in [1.29, 1.82) is 0 Å². The maximum Gasteiger partial charge on any atom is 0.313 e. The Morgan fingerprint density at radius 2 is 1.73 bits per heavy atom. The molecule has 1 aliphatic carbocycles. The predicted molar refractivity (Wildman–Crippen MR) is 104 cm³/mol. The van der Waals surface area contributed by atoms with E-state index in [2.05, 4.69) is 22.8 Å². The second-order valence-corrected chi connectivity index (χ2v) is 7.26. The summed E-state index contributed by atoms with van der Waals surface area (Å²) < 4.78 is 0. The Balaban J connectivity index is 1.63. The molecule has 2 aromatic rings. The lowest BCUT2D eigenvalue weighted by molar-refractivity contribution is -0.136. The highest BCUT2D eigenvalue weighted by Gasteiger charge is 2.19. The van der Waals surface area contributed by atoms with E-state index in [0.29, 0.717) is 10.7 Å². The molecule has 2 N–H and O–H groups in total. The summed E-state index contributed by atoms with van der Waals surface area (Å²) in [5, 5.41) is 5.89. The Kier molecular flexibility index (Phi) is 5.62. The number of halogens is 1. The maximum atomic E-state index is 12.2. The van der Waals surface area contributed by atoms with Gasteiger partial charge in [0.25, 0.3) is 0 Å². The van der Waals surface area contributed by atoms with Crippen LogP contribution in [0.2, 0.25) is 5.02 Å². The topological polar surface area (TPSA) is 58.2 Å². The minimum atomic E-state index is -0.699. The van der Waals surface area contributed by atoms with Gasteiger partial charge in [0.2, 0.25) is 0 Å². The van der Waals surface area contributed by atoms with Crippen LogP contribution in [0.25, 0.3) is 0 Å². The number of aryl methyl sites for hydroxylation is 3. The zero-order valence-corrected chi connectivity index (χ0v) is 15.8. The standard InChI is InChI=1S/C21H23ClN2O2/c1-13-7-10-18(12-19(13)22)24-21(26)20(25)23-14(2)16-9-8-15-5-3-4-6-17(15)11-16/h7-12,14H,3-6H2,1-2H3,(H,23,25)(H,24,26). The fraction of sp³-hybridized carbons (Fsp3) is 0.333. The molecule has 0 radical (unpaired) electrons. The molecule has 0 saturated carbocycles. The molecule has 1 unspecified atom stereocenters. The summed E-state index contributed by atoms with van der Waals surface area (Å²) in [5.74, 6) is -1.36. The number of anilines is 1. The Morgan fingerprint density at radius 1 is 1.00 bits per heavy atom. The van der Waals surface area contributed by atoms with Crippen molar-refractivity contribution in [3.63, 3.8) is 0 Å². The van der Waals surface area contributed by atoms with E-state index in [9.17, 15) is 9.59 Å². The Hall–Kier alpha value is -2.33. The van der Waals surface area contributed by atoms with Crippen LogP contribution >= 0.6 is 11.6 Å². The summed E-state index contributed by atoms with van der Waals surface area (Å²) >= 11 is 6.05. The molecule has 0 fully saturated rings. The van der Waals surface area contributed by atoms with Crippen LogP contribution in [0.3, 0.4) is 0 Å². The number of fused-ring (bicyclic) bond motifs is 1. The molecule has 1 aliphatic rings. The number of carbonyl (C=O) groups is 2. The average molecular weight is 371 g/mol. The van der Waals surface area contributed by atoms with Crippen LogP contribution in [0.5, 0.6) is 0 Å². The van der Waals surface area contributed by atoms with Crippen LogP contribution < -0.4 is 10.6 Å². The van der Waals surface area contributed by atoms with E-state index in [1.54, 1.807) is 18.2 Å². The van der Waals surface area contributed by atoms with Gasteiger partial charge in [-0.25, -0.2) is 0 Å². The Morgan fingerprint density at radius 3 is 2.46 bits per heavy atom. The number of amides is 2. The molecule has 5 heteroatoms. The van der Waals surface area contributed by atoms with E-state index >= 15 is 0 Å². The van der Waals surface area contributed by atoms with Crippen molar-refractivity contribution in [1.82, 2.24) is 5.32 Å².